The van der Waals surface area contributed by atoms with Gasteiger partial charge < -0.3 is 5.32 Å². The minimum Gasteiger partial charge on any atom is -0.302 e. The third-order valence-corrected chi connectivity index (χ3v) is 4.05. The minimum absolute atomic E-state index is 0.00589. The average Bonchev–Trinajstić information content (AvgIpc) is 2.85. The number of anilines is 1. The van der Waals surface area contributed by atoms with Gasteiger partial charge in [0.1, 0.15) is 0 Å². The molecule has 0 aliphatic carbocycles. The molecule has 2 aromatic rings. The van der Waals surface area contributed by atoms with Gasteiger partial charge in [-0.05, 0) is 18.4 Å². The largest absolute Gasteiger partial charge is 0.302 e. The first-order valence-electron chi connectivity index (χ1n) is 5.69. The quantitative estimate of drug-likeness (QED) is 0.901. The Balaban J connectivity index is 2.02. The van der Waals surface area contributed by atoms with Crippen molar-refractivity contribution in [1.29, 1.82) is 0 Å². The summed E-state index contributed by atoms with van der Waals surface area (Å²) >= 11 is 8.93. The highest BCUT2D eigenvalue weighted by Gasteiger charge is 2.07. The zero-order chi connectivity index (χ0) is 13.7. The van der Waals surface area contributed by atoms with Gasteiger partial charge in [0.25, 0.3) is 0 Å². The zero-order valence-electron chi connectivity index (χ0n) is 10.4. The molecule has 0 bridgehead atoms. The number of halogens is 1. The van der Waals surface area contributed by atoms with Crippen molar-refractivity contribution < 1.29 is 4.79 Å². The number of benzene rings is 1. The fraction of sp³-hybridized carbons (Fsp3) is 0.231. The average molecular weight is 313 g/mol. The summed E-state index contributed by atoms with van der Waals surface area (Å²) < 4.78 is 0. The van der Waals surface area contributed by atoms with Crippen LogP contribution in [0.1, 0.15) is 6.42 Å². The molecule has 100 valence electrons. The third kappa shape index (κ3) is 4.23. The molecule has 0 radical (unpaired) electrons. The number of nitrogens with zero attached hydrogens (tertiary/aromatic N) is 1. The molecule has 1 heterocycles. The Morgan fingerprint density at radius 2 is 2.16 bits per heavy atom. The fourth-order valence-electron chi connectivity index (χ4n) is 1.46. The van der Waals surface area contributed by atoms with Gasteiger partial charge in [0, 0.05) is 28.1 Å². The predicted molar refractivity (Wildman–Crippen MR) is 84.2 cm³/mol. The molecule has 1 N–H and O–H groups in total. The molecule has 0 saturated heterocycles. The Bertz CT molecular complexity index is 554. The normalized spacial score (nSPS) is 10.4. The monoisotopic (exact) mass is 312 g/mol. The Labute approximate surface area is 125 Å². The first-order chi connectivity index (χ1) is 9.19. The van der Waals surface area contributed by atoms with E-state index in [-0.39, 0.29) is 5.91 Å². The first kappa shape index (κ1) is 14.4. The number of carbonyl (C=O) groups is 1. The standard InChI is InChI=1S/C13H13ClN2OS2/c1-18-7-6-12(17)16-13-15-11(8-19-13)9-2-4-10(14)5-3-9/h2-5,8H,6-7H2,1H3,(H,15,16,17). The summed E-state index contributed by atoms with van der Waals surface area (Å²) in [5, 5.41) is 6.07. The summed E-state index contributed by atoms with van der Waals surface area (Å²) in [5.74, 6) is 0.827. The van der Waals surface area contributed by atoms with E-state index in [0.29, 0.717) is 16.6 Å². The topological polar surface area (TPSA) is 42.0 Å². The molecule has 19 heavy (non-hydrogen) atoms. The van der Waals surface area contributed by atoms with Gasteiger partial charge in [0.05, 0.1) is 5.69 Å². The van der Waals surface area contributed by atoms with Crippen LogP contribution in [0.15, 0.2) is 29.6 Å². The lowest BCUT2D eigenvalue weighted by atomic mass is 10.2. The number of aromatic nitrogens is 1. The number of carbonyl (C=O) groups excluding carboxylic acids is 1. The molecule has 0 fully saturated rings. The number of thioether (sulfide) groups is 1. The summed E-state index contributed by atoms with van der Waals surface area (Å²) in [5.41, 5.74) is 1.84. The smallest absolute Gasteiger partial charge is 0.226 e. The lowest BCUT2D eigenvalue weighted by Gasteiger charge is -2.00. The van der Waals surface area contributed by atoms with Gasteiger partial charge >= 0.3 is 0 Å². The molecule has 6 heteroatoms. The maximum absolute atomic E-state index is 11.6. The van der Waals surface area contributed by atoms with E-state index in [0.717, 1.165) is 17.0 Å². The van der Waals surface area contributed by atoms with Crippen molar-refractivity contribution in [2.75, 3.05) is 17.3 Å². The molecule has 1 aromatic heterocycles. The van der Waals surface area contributed by atoms with Crippen LogP contribution < -0.4 is 5.32 Å². The van der Waals surface area contributed by atoms with Gasteiger partial charge in [0.2, 0.25) is 5.91 Å². The van der Waals surface area contributed by atoms with Crippen LogP contribution in [0.5, 0.6) is 0 Å². The van der Waals surface area contributed by atoms with E-state index in [1.165, 1.54) is 11.3 Å². The number of rotatable bonds is 5. The number of hydrogen-bond donors (Lipinski definition) is 1. The van der Waals surface area contributed by atoms with Crippen molar-refractivity contribution in [2.24, 2.45) is 0 Å². The van der Waals surface area contributed by atoms with Crippen molar-refractivity contribution in [3.8, 4) is 11.3 Å². The van der Waals surface area contributed by atoms with Crippen molar-refractivity contribution in [3.63, 3.8) is 0 Å². The second-order valence-electron chi connectivity index (χ2n) is 3.84. The molecule has 1 aromatic carbocycles. The van der Waals surface area contributed by atoms with Crippen LogP contribution in [0.3, 0.4) is 0 Å². The van der Waals surface area contributed by atoms with Crippen LogP contribution in [-0.2, 0) is 4.79 Å². The highest BCUT2D eigenvalue weighted by molar-refractivity contribution is 7.98. The summed E-state index contributed by atoms with van der Waals surface area (Å²) in [6.07, 6.45) is 2.49. The number of amides is 1. The zero-order valence-corrected chi connectivity index (χ0v) is 12.7. The van der Waals surface area contributed by atoms with Crippen molar-refractivity contribution in [3.05, 3.63) is 34.7 Å². The van der Waals surface area contributed by atoms with Crippen LogP contribution >= 0.6 is 34.7 Å². The van der Waals surface area contributed by atoms with E-state index in [4.69, 9.17) is 11.6 Å². The highest BCUT2D eigenvalue weighted by atomic mass is 35.5. The predicted octanol–water partition coefficient (Wildman–Crippen LogP) is 4.16. The first-order valence-corrected chi connectivity index (χ1v) is 8.34. The number of thiazole rings is 1. The van der Waals surface area contributed by atoms with E-state index < -0.39 is 0 Å². The van der Waals surface area contributed by atoms with Gasteiger partial charge in [-0.3, -0.25) is 4.79 Å². The SMILES string of the molecule is CSCCC(=O)Nc1nc(-c2ccc(Cl)cc2)cs1. The van der Waals surface area contributed by atoms with E-state index in [1.807, 2.05) is 35.9 Å². The fourth-order valence-corrected chi connectivity index (χ4v) is 2.71. The Kier molecular flexibility index (Phi) is 5.24. The van der Waals surface area contributed by atoms with Crippen LogP contribution in [-0.4, -0.2) is 22.9 Å². The molecular formula is C13H13ClN2OS2. The molecule has 0 unspecified atom stereocenters. The minimum atomic E-state index is 0.00589. The second-order valence-corrected chi connectivity index (χ2v) is 6.12. The number of nitrogens with one attached hydrogen (secondary N) is 1. The Hall–Kier alpha value is -1.04. The second kappa shape index (κ2) is 6.93. The van der Waals surface area contributed by atoms with Crippen LogP contribution in [0.2, 0.25) is 5.02 Å². The summed E-state index contributed by atoms with van der Waals surface area (Å²) in [7, 11) is 0. The summed E-state index contributed by atoms with van der Waals surface area (Å²) in [6, 6.07) is 7.48. The van der Waals surface area contributed by atoms with E-state index in [1.54, 1.807) is 11.8 Å². The van der Waals surface area contributed by atoms with Crippen molar-refractivity contribution >= 4 is 45.7 Å². The highest BCUT2D eigenvalue weighted by Crippen LogP contribution is 2.26. The Morgan fingerprint density at radius 1 is 1.42 bits per heavy atom. The Morgan fingerprint density at radius 3 is 2.84 bits per heavy atom. The van der Waals surface area contributed by atoms with Gasteiger partial charge in [-0.1, -0.05) is 23.7 Å². The van der Waals surface area contributed by atoms with Crippen LogP contribution in [0, 0.1) is 0 Å². The summed E-state index contributed by atoms with van der Waals surface area (Å²) in [6.45, 7) is 0. The molecule has 3 nitrogen and oxygen atoms in total. The molecule has 0 spiro atoms. The molecule has 0 aliphatic rings. The lowest BCUT2D eigenvalue weighted by Crippen LogP contribution is -2.11. The van der Waals surface area contributed by atoms with Gasteiger partial charge in [-0.2, -0.15) is 11.8 Å². The molecule has 1 amide bonds. The van der Waals surface area contributed by atoms with E-state index in [2.05, 4.69) is 10.3 Å². The van der Waals surface area contributed by atoms with Crippen LogP contribution in [0.25, 0.3) is 11.3 Å². The van der Waals surface area contributed by atoms with Crippen molar-refractivity contribution in [2.45, 2.75) is 6.42 Å². The van der Waals surface area contributed by atoms with E-state index >= 15 is 0 Å². The van der Waals surface area contributed by atoms with E-state index in [9.17, 15) is 4.79 Å². The molecule has 0 aliphatic heterocycles. The summed E-state index contributed by atoms with van der Waals surface area (Å²) in [4.78, 5) is 16.0. The molecule has 0 atom stereocenters. The van der Waals surface area contributed by atoms with Crippen molar-refractivity contribution in [1.82, 2.24) is 4.98 Å². The lowest BCUT2D eigenvalue weighted by molar-refractivity contribution is -0.115. The third-order valence-electron chi connectivity index (χ3n) is 2.42. The molecular weight excluding hydrogens is 300 g/mol. The number of hydrogen-bond acceptors (Lipinski definition) is 4. The van der Waals surface area contributed by atoms with Gasteiger partial charge in [-0.25, -0.2) is 4.98 Å². The van der Waals surface area contributed by atoms with Crippen LogP contribution in [0.4, 0.5) is 5.13 Å². The maximum atomic E-state index is 11.6. The van der Waals surface area contributed by atoms with Gasteiger partial charge in [0.15, 0.2) is 5.13 Å². The maximum Gasteiger partial charge on any atom is 0.226 e. The van der Waals surface area contributed by atoms with Gasteiger partial charge in [-0.15, -0.1) is 11.3 Å². The molecule has 0 saturated carbocycles. The molecule has 2 rings (SSSR count).